The molecule has 1 aromatic rings. The largest absolute Gasteiger partial charge is 0.359 e. The molecule has 0 radical (unpaired) electrons. The fraction of sp³-hybridized carbons (Fsp3) is 0.429. The first-order valence-electron chi connectivity index (χ1n) is 5.95. The maximum atomic E-state index is 11.1. The molecule has 0 unspecified atom stereocenters. The van der Waals surface area contributed by atoms with E-state index >= 15 is 0 Å². The molecule has 4 heteroatoms. The Bertz CT molecular complexity index is 463. The summed E-state index contributed by atoms with van der Waals surface area (Å²) >= 11 is 0. The van der Waals surface area contributed by atoms with Gasteiger partial charge in [-0.25, -0.2) is 0 Å². The number of nitriles is 1. The monoisotopic (exact) mass is 245 g/mol. The van der Waals surface area contributed by atoms with Gasteiger partial charge >= 0.3 is 0 Å². The van der Waals surface area contributed by atoms with Crippen molar-refractivity contribution in [3.8, 4) is 6.07 Å². The van der Waals surface area contributed by atoms with Gasteiger partial charge < -0.3 is 10.2 Å². The maximum absolute atomic E-state index is 11.1. The fourth-order valence-corrected chi connectivity index (χ4v) is 1.73. The second-order valence-corrected chi connectivity index (χ2v) is 4.41. The average molecular weight is 245 g/mol. The lowest BCUT2D eigenvalue weighted by Crippen LogP contribution is -2.26. The molecule has 1 N–H and O–H groups in total. The predicted molar refractivity (Wildman–Crippen MR) is 70.9 cm³/mol. The zero-order valence-corrected chi connectivity index (χ0v) is 11.2. The molecule has 0 saturated carbocycles. The van der Waals surface area contributed by atoms with Crippen LogP contribution in [0.1, 0.15) is 23.1 Å². The minimum atomic E-state index is 0.0541. The van der Waals surface area contributed by atoms with Crippen LogP contribution in [0.5, 0.6) is 0 Å². The van der Waals surface area contributed by atoms with E-state index in [4.69, 9.17) is 5.26 Å². The summed E-state index contributed by atoms with van der Waals surface area (Å²) in [6, 6.07) is 7.83. The zero-order valence-electron chi connectivity index (χ0n) is 11.2. The molecule has 0 atom stereocenters. The van der Waals surface area contributed by atoms with Crippen LogP contribution in [-0.4, -0.2) is 31.4 Å². The lowest BCUT2D eigenvalue weighted by atomic mass is 10.1. The van der Waals surface area contributed by atoms with Gasteiger partial charge in [-0.15, -0.1) is 0 Å². The Morgan fingerprint density at radius 3 is 2.78 bits per heavy atom. The number of hydrogen-bond acceptors (Lipinski definition) is 3. The molecule has 0 saturated heterocycles. The van der Waals surface area contributed by atoms with Crippen LogP contribution in [0, 0.1) is 18.3 Å². The van der Waals surface area contributed by atoms with Crippen LogP contribution < -0.4 is 5.32 Å². The van der Waals surface area contributed by atoms with Crippen LogP contribution in [0.2, 0.25) is 0 Å². The van der Waals surface area contributed by atoms with E-state index < -0.39 is 0 Å². The second kappa shape index (κ2) is 6.77. The molecule has 0 aliphatic carbocycles. The molecule has 0 aliphatic rings. The minimum absolute atomic E-state index is 0.0541. The number of rotatable bonds is 5. The number of nitrogens with zero attached hydrogens (tertiary/aromatic N) is 2. The van der Waals surface area contributed by atoms with Gasteiger partial charge in [-0.1, -0.05) is 6.07 Å². The van der Waals surface area contributed by atoms with Crippen LogP contribution in [0.4, 0.5) is 0 Å². The molecule has 0 bridgehead atoms. The van der Waals surface area contributed by atoms with Crippen molar-refractivity contribution in [2.45, 2.75) is 19.9 Å². The third-order valence-corrected chi connectivity index (χ3v) is 2.91. The Kier molecular flexibility index (Phi) is 5.34. The smallest absolute Gasteiger partial charge is 0.221 e. The van der Waals surface area contributed by atoms with E-state index in [9.17, 15) is 4.79 Å². The molecule has 0 fully saturated rings. The number of benzene rings is 1. The number of carbonyl (C=O) groups is 1. The molecule has 1 aromatic carbocycles. The first-order valence-corrected chi connectivity index (χ1v) is 5.95. The average Bonchev–Trinajstić information content (AvgIpc) is 2.38. The number of nitrogens with one attached hydrogen (secondary N) is 1. The van der Waals surface area contributed by atoms with Gasteiger partial charge in [0.15, 0.2) is 0 Å². The second-order valence-electron chi connectivity index (χ2n) is 4.41. The Labute approximate surface area is 108 Å². The molecule has 1 rings (SSSR count). The molecule has 4 nitrogen and oxygen atoms in total. The molecule has 1 amide bonds. The molecule has 0 spiro atoms. The highest BCUT2D eigenvalue weighted by Gasteiger charge is 2.06. The van der Waals surface area contributed by atoms with Crippen molar-refractivity contribution in [1.82, 2.24) is 10.2 Å². The van der Waals surface area contributed by atoms with Crippen molar-refractivity contribution in [2.24, 2.45) is 0 Å². The normalized spacial score (nSPS) is 10.2. The fourth-order valence-electron chi connectivity index (χ4n) is 1.73. The summed E-state index contributed by atoms with van der Waals surface area (Å²) in [5.41, 5.74) is 2.98. The summed E-state index contributed by atoms with van der Waals surface area (Å²) in [5, 5.41) is 11.4. The quantitative estimate of drug-likeness (QED) is 0.854. The molecule has 96 valence electrons. The molecule has 0 aromatic heterocycles. The van der Waals surface area contributed by atoms with E-state index in [-0.39, 0.29) is 5.91 Å². The van der Waals surface area contributed by atoms with Gasteiger partial charge in [-0.3, -0.25) is 4.79 Å². The molecular formula is C14H19N3O. The molecule has 18 heavy (non-hydrogen) atoms. The Morgan fingerprint density at radius 2 is 2.22 bits per heavy atom. The first kappa shape index (κ1) is 14.2. The van der Waals surface area contributed by atoms with Gasteiger partial charge in [0.25, 0.3) is 0 Å². The first-order chi connectivity index (χ1) is 8.56. The van der Waals surface area contributed by atoms with Gasteiger partial charge in [-0.05, 0) is 37.2 Å². The number of carbonyl (C=O) groups excluding carboxylic acids is 1. The third-order valence-electron chi connectivity index (χ3n) is 2.91. The van der Waals surface area contributed by atoms with Crippen LogP contribution in [0.25, 0.3) is 0 Å². The summed E-state index contributed by atoms with van der Waals surface area (Å²) in [5.74, 6) is 0.0541. The Balaban J connectivity index is 2.57. The van der Waals surface area contributed by atoms with Gasteiger partial charge in [0.2, 0.25) is 5.91 Å². The van der Waals surface area contributed by atoms with Crippen molar-refractivity contribution in [2.75, 3.05) is 20.6 Å². The SMILES string of the molecule is CNC(=O)CCN(C)Cc1ccc(C#N)cc1C. The summed E-state index contributed by atoms with van der Waals surface area (Å²) < 4.78 is 0. The van der Waals surface area contributed by atoms with Gasteiger partial charge in [-0.2, -0.15) is 5.26 Å². The van der Waals surface area contributed by atoms with E-state index in [1.807, 2.05) is 32.2 Å². The predicted octanol–water partition coefficient (Wildman–Crippen LogP) is 1.43. The third kappa shape index (κ3) is 4.19. The van der Waals surface area contributed by atoms with Crippen molar-refractivity contribution < 1.29 is 4.79 Å². The lowest BCUT2D eigenvalue weighted by molar-refractivity contribution is -0.120. The van der Waals surface area contributed by atoms with Crippen LogP contribution >= 0.6 is 0 Å². The number of hydrogen-bond donors (Lipinski definition) is 1. The van der Waals surface area contributed by atoms with Crippen LogP contribution in [0.15, 0.2) is 18.2 Å². The van der Waals surface area contributed by atoms with E-state index in [2.05, 4.69) is 16.3 Å². The van der Waals surface area contributed by atoms with E-state index in [0.29, 0.717) is 12.0 Å². The van der Waals surface area contributed by atoms with Crippen molar-refractivity contribution in [3.05, 3.63) is 34.9 Å². The zero-order chi connectivity index (χ0) is 13.5. The van der Waals surface area contributed by atoms with E-state index in [1.165, 1.54) is 5.56 Å². The Morgan fingerprint density at radius 1 is 1.50 bits per heavy atom. The Hall–Kier alpha value is -1.86. The van der Waals surface area contributed by atoms with Crippen molar-refractivity contribution in [1.29, 1.82) is 5.26 Å². The van der Waals surface area contributed by atoms with E-state index in [1.54, 1.807) is 7.05 Å². The maximum Gasteiger partial charge on any atom is 0.221 e. The highest BCUT2D eigenvalue weighted by atomic mass is 16.1. The lowest BCUT2D eigenvalue weighted by Gasteiger charge is -2.17. The summed E-state index contributed by atoms with van der Waals surface area (Å²) in [4.78, 5) is 13.2. The minimum Gasteiger partial charge on any atom is -0.359 e. The van der Waals surface area contributed by atoms with Crippen LogP contribution in [-0.2, 0) is 11.3 Å². The van der Waals surface area contributed by atoms with Gasteiger partial charge in [0.05, 0.1) is 11.6 Å². The summed E-state index contributed by atoms with van der Waals surface area (Å²) in [6.07, 6.45) is 0.502. The van der Waals surface area contributed by atoms with Gasteiger partial charge in [0, 0.05) is 26.6 Å². The molecule has 0 aliphatic heterocycles. The number of amides is 1. The van der Waals surface area contributed by atoms with Crippen molar-refractivity contribution >= 4 is 5.91 Å². The summed E-state index contributed by atoms with van der Waals surface area (Å²) in [6.45, 7) is 3.51. The standard InChI is InChI=1S/C14H19N3O/c1-11-8-12(9-15)4-5-13(11)10-17(3)7-6-14(18)16-2/h4-5,8H,6-7,10H2,1-3H3,(H,16,18). The highest BCUT2D eigenvalue weighted by molar-refractivity contribution is 5.75. The van der Waals surface area contributed by atoms with Crippen LogP contribution in [0.3, 0.4) is 0 Å². The topological polar surface area (TPSA) is 56.1 Å². The summed E-state index contributed by atoms with van der Waals surface area (Å²) in [7, 11) is 3.63. The molecule has 0 heterocycles. The van der Waals surface area contributed by atoms with Gasteiger partial charge in [0.1, 0.15) is 0 Å². The van der Waals surface area contributed by atoms with E-state index in [0.717, 1.165) is 18.7 Å². The number of aryl methyl sites for hydroxylation is 1. The highest BCUT2D eigenvalue weighted by Crippen LogP contribution is 2.12. The molecular weight excluding hydrogens is 226 g/mol. The van der Waals surface area contributed by atoms with Crippen molar-refractivity contribution in [3.63, 3.8) is 0 Å².